The molecular weight excluding hydrogens is 380 g/mol. The van der Waals surface area contributed by atoms with Crippen molar-refractivity contribution in [1.82, 2.24) is 4.90 Å². The Hall–Kier alpha value is -3.12. The second-order valence-electron chi connectivity index (χ2n) is 8.79. The number of Topliss-reactive ketones (excluding diaryl/α,β-unsaturated/α-hetero) is 2. The molecule has 3 aliphatic heterocycles. The number of benzene rings is 2. The zero-order valence-corrected chi connectivity index (χ0v) is 16.3. The summed E-state index contributed by atoms with van der Waals surface area (Å²) in [4.78, 5) is 56.6. The summed E-state index contributed by atoms with van der Waals surface area (Å²) in [6.45, 7) is 0.821. The maximum atomic E-state index is 13.7. The van der Waals surface area contributed by atoms with Gasteiger partial charge in [0.15, 0.2) is 0 Å². The van der Waals surface area contributed by atoms with E-state index in [-0.39, 0.29) is 36.0 Å². The van der Waals surface area contributed by atoms with Gasteiger partial charge in [-0.25, -0.2) is 0 Å². The Bertz CT molecular complexity index is 1090. The van der Waals surface area contributed by atoms with Crippen molar-refractivity contribution >= 4 is 23.4 Å². The van der Waals surface area contributed by atoms with Crippen LogP contribution in [0.25, 0.3) is 0 Å². The molecule has 6 rings (SSSR count). The normalized spacial score (nSPS) is 30.9. The van der Waals surface area contributed by atoms with Gasteiger partial charge in [-0.3, -0.25) is 24.1 Å². The molecule has 6 nitrogen and oxygen atoms in total. The summed E-state index contributed by atoms with van der Waals surface area (Å²) >= 11 is 0. The van der Waals surface area contributed by atoms with Crippen LogP contribution in [0.15, 0.2) is 54.6 Å². The average Bonchev–Trinajstić information content (AvgIpc) is 3.46. The maximum absolute atomic E-state index is 13.7. The summed E-state index contributed by atoms with van der Waals surface area (Å²) in [5.74, 6) is -2.65. The van der Waals surface area contributed by atoms with Gasteiger partial charge in [0.1, 0.15) is 17.9 Å². The van der Waals surface area contributed by atoms with Crippen molar-refractivity contribution in [3.8, 4) is 0 Å². The molecule has 1 N–H and O–H groups in total. The van der Waals surface area contributed by atoms with Crippen LogP contribution < -0.4 is 4.90 Å². The molecule has 0 bridgehead atoms. The monoisotopic (exact) mass is 401 g/mol. The lowest BCUT2D eigenvalue weighted by atomic mass is 9.76. The number of quaternary nitrogens is 1. The number of rotatable bonds is 2. The molecule has 0 aromatic heterocycles. The van der Waals surface area contributed by atoms with Crippen LogP contribution in [0.3, 0.4) is 0 Å². The van der Waals surface area contributed by atoms with Gasteiger partial charge in [-0.15, -0.1) is 0 Å². The molecule has 2 aromatic rings. The molecule has 4 aliphatic rings. The Kier molecular flexibility index (Phi) is 3.51. The number of likely N-dealkylation sites (tertiary alicyclic amines) is 1. The van der Waals surface area contributed by atoms with Gasteiger partial charge in [-0.1, -0.05) is 54.6 Å². The number of hydrogen-bond donors (Lipinski definition) is 1. The first-order valence-electron chi connectivity index (χ1n) is 10.5. The number of nitrogens with zero attached hydrogens (tertiary/aromatic N) is 1. The minimum absolute atomic E-state index is 0.158. The lowest BCUT2D eigenvalue weighted by molar-refractivity contribution is -0.930. The van der Waals surface area contributed by atoms with Gasteiger partial charge in [-0.05, 0) is 5.56 Å². The van der Waals surface area contributed by atoms with Gasteiger partial charge >= 0.3 is 0 Å². The number of hydrogen-bond acceptors (Lipinski definition) is 4. The summed E-state index contributed by atoms with van der Waals surface area (Å²) in [7, 11) is 0. The first-order valence-corrected chi connectivity index (χ1v) is 10.5. The Morgan fingerprint density at radius 3 is 2.17 bits per heavy atom. The van der Waals surface area contributed by atoms with Gasteiger partial charge in [0.2, 0.25) is 28.9 Å². The number of nitrogens with one attached hydrogen (secondary N) is 1. The third-order valence-electron chi connectivity index (χ3n) is 7.57. The highest BCUT2D eigenvalue weighted by Crippen LogP contribution is 2.48. The second-order valence-corrected chi connectivity index (χ2v) is 8.79. The molecule has 2 aromatic carbocycles. The van der Waals surface area contributed by atoms with Gasteiger partial charge in [-0.2, -0.15) is 0 Å². The van der Waals surface area contributed by atoms with Crippen LogP contribution in [0.2, 0.25) is 0 Å². The molecule has 1 unspecified atom stereocenters. The molecule has 1 aliphatic carbocycles. The van der Waals surface area contributed by atoms with Crippen LogP contribution in [0.5, 0.6) is 0 Å². The average molecular weight is 401 g/mol. The molecule has 1 spiro atoms. The summed E-state index contributed by atoms with van der Waals surface area (Å²) in [5.41, 5.74) is 0.163. The fourth-order valence-electron chi connectivity index (χ4n) is 6.47. The zero-order chi connectivity index (χ0) is 20.6. The maximum Gasteiger partial charge on any atom is 0.241 e. The summed E-state index contributed by atoms with van der Waals surface area (Å²) < 4.78 is 0. The molecule has 6 heteroatoms. The fourth-order valence-corrected chi connectivity index (χ4v) is 6.47. The number of amides is 2. The highest BCUT2D eigenvalue weighted by molar-refractivity contribution is 6.34. The summed E-state index contributed by atoms with van der Waals surface area (Å²) in [6.07, 6.45) is 1.61. The van der Waals surface area contributed by atoms with E-state index in [1.165, 1.54) is 4.90 Å². The van der Waals surface area contributed by atoms with Gasteiger partial charge < -0.3 is 4.90 Å². The number of carbonyl (C=O) groups is 4. The van der Waals surface area contributed by atoms with Gasteiger partial charge in [0.05, 0.1) is 13.1 Å². The standard InChI is InChI=1S/C24H20N2O4/c27-20-15-9-4-5-10-16(15)21(28)24(20)19-18(17-11-6-12-26(17)24)22(29)25(23(19)30)13-14-7-2-1-3-8-14/h1-5,7-10,17-19H,6,11-13H2/p+1/t17-,18+,19+/m1/s1. The predicted molar refractivity (Wildman–Crippen MR) is 106 cm³/mol. The van der Waals surface area contributed by atoms with E-state index in [0.717, 1.165) is 23.3 Å². The van der Waals surface area contributed by atoms with E-state index in [1.54, 1.807) is 24.3 Å². The first-order chi connectivity index (χ1) is 14.6. The molecule has 0 radical (unpaired) electrons. The molecule has 2 amide bonds. The van der Waals surface area contributed by atoms with Crippen molar-refractivity contribution in [3.05, 3.63) is 71.3 Å². The Morgan fingerprint density at radius 1 is 0.867 bits per heavy atom. The summed E-state index contributed by atoms with van der Waals surface area (Å²) in [6, 6.07) is 16.0. The van der Waals surface area contributed by atoms with Crippen molar-refractivity contribution < 1.29 is 24.1 Å². The van der Waals surface area contributed by atoms with Crippen molar-refractivity contribution in [2.45, 2.75) is 31.0 Å². The SMILES string of the molecule is O=C1[C@H]2[C@H]3CCC[NH+]3C3(C(=O)c4ccccc4C3=O)[C@@H]2C(=O)N1Cc1ccccc1. The van der Waals surface area contributed by atoms with E-state index < -0.39 is 17.4 Å². The molecular formula is C24H21N2O4+. The van der Waals surface area contributed by atoms with Crippen molar-refractivity contribution in [1.29, 1.82) is 0 Å². The molecule has 30 heavy (non-hydrogen) atoms. The quantitative estimate of drug-likeness (QED) is 0.593. The lowest BCUT2D eigenvalue weighted by Crippen LogP contribution is -3.22. The zero-order valence-electron chi connectivity index (χ0n) is 16.3. The molecule has 0 saturated carbocycles. The minimum Gasteiger partial charge on any atom is -0.313 e. The third kappa shape index (κ3) is 1.92. The number of ketones is 2. The van der Waals surface area contributed by atoms with E-state index in [0.29, 0.717) is 17.7 Å². The smallest absolute Gasteiger partial charge is 0.241 e. The van der Waals surface area contributed by atoms with Crippen molar-refractivity contribution in [2.75, 3.05) is 6.54 Å². The van der Waals surface area contributed by atoms with E-state index in [1.807, 2.05) is 30.3 Å². The number of fused-ring (bicyclic) bond motifs is 6. The predicted octanol–water partition coefficient (Wildman–Crippen LogP) is 0.667. The topological polar surface area (TPSA) is 76.0 Å². The van der Waals surface area contributed by atoms with Crippen LogP contribution >= 0.6 is 0 Å². The molecule has 150 valence electrons. The van der Waals surface area contributed by atoms with E-state index >= 15 is 0 Å². The van der Waals surface area contributed by atoms with Crippen LogP contribution in [0, 0.1) is 11.8 Å². The van der Waals surface area contributed by atoms with E-state index in [4.69, 9.17) is 0 Å². The first kappa shape index (κ1) is 17.7. The van der Waals surface area contributed by atoms with E-state index in [9.17, 15) is 19.2 Å². The lowest BCUT2D eigenvalue weighted by Gasteiger charge is -2.32. The highest BCUT2D eigenvalue weighted by atomic mass is 16.2. The molecule has 3 heterocycles. The Morgan fingerprint density at radius 2 is 1.50 bits per heavy atom. The largest absolute Gasteiger partial charge is 0.313 e. The number of imide groups is 1. The molecule has 3 saturated heterocycles. The number of carbonyl (C=O) groups excluding carboxylic acids is 4. The second kappa shape index (κ2) is 5.95. The molecule has 3 fully saturated rings. The Labute approximate surface area is 173 Å². The van der Waals surface area contributed by atoms with Gasteiger partial charge in [0, 0.05) is 24.0 Å². The van der Waals surface area contributed by atoms with Crippen LogP contribution in [-0.2, 0) is 16.1 Å². The van der Waals surface area contributed by atoms with Crippen LogP contribution in [-0.4, -0.2) is 46.4 Å². The third-order valence-corrected chi connectivity index (χ3v) is 7.57. The van der Waals surface area contributed by atoms with Crippen LogP contribution in [0.4, 0.5) is 0 Å². The minimum atomic E-state index is -1.48. The van der Waals surface area contributed by atoms with Gasteiger partial charge in [0.25, 0.3) is 0 Å². The molecule has 4 atom stereocenters. The Balaban J connectivity index is 1.49. The van der Waals surface area contributed by atoms with Crippen molar-refractivity contribution in [3.63, 3.8) is 0 Å². The highest BCUT2D eigenvalue weighted by Gasteiger charge is 2.80. The van der Waals surface area contributed by atoms with E-state index in [2.05, 4.69) is 0 Å². The summed E-state index contributed by atoms with van der Waals surface area (Å²) in [5, 5.41) is 0. The van der Waals surface area contributed by atoms with Crippen molar-refractivity contribution in [2.24, 2.45) is 11.8 Å². The fraction of sp³-hybridized carbons (Fsp3) is 0.333. The van der Waals surface area contributed by atoms with Crippen LogP contribution in [0.1, 0.15) is 39.1 Å².